The Balaban J connectivity index is 1.58. The van der Waals surface area contributed by atoms with Crippen LogP contribution in [0.1, 0.15) is 37.2 Å². The van der Waals surface area contributed by atoms with Crippen molar-refractivity contribution in [3.8, 4) is 0 Å². The van der Waals surface area contributed by atoms with Crippen LogP contribution in [0.5, 0.6) is 0 Å². The minimum atomic E-state index is -0.510. The van der Waals surface area contributed by atoms with Crippen LogP contribution < -0.4 is 4.90 Å². The molecule has 2 aliphatic heterocycles. The van der Waals surface area contributed by atoms with Gasteiger partial charge in [0.25, 0.3) is 0 Å². The van der Waals surface area contributed by atoms with Crippen LogP contribution in [0.15, 0.2) is 18.3 Å². The lowest BCUT2D eigenvalue weighted by Gasteiger charge is -2.37. The summed E-state index contributed by atoms with van der Waals surface area (Å²) >= 11 is 0. The number of carbonyl (C=O) groups excluding carboxylic acids is 2. The van der Waals surface area contributed by atoms with Crippen LogP contribution in [-0.4, -0.2) is 78.8 Å². The van der Waals surface area contributed by atoms with E-state index in [9.17, 15) is 9.59 Å². The molecule has 0 radical (unpaired) electrons. The molecule has 0 N–H and O–H groups in total. The Labute approximate surface area is 175 Å². The summed E-state index contributed by atoms with van der Waals surface area (Å²) in [4.78, 5) is 28.5. The number of esters is 1. The number of rotatable bonds is 3. The van der Waals surface area contributed by atoms with Crippen molar-refractivity contribution in [2.75, 3.05) is 51.4 Å². The molecule has 4 rings (SSSR count). The van der Waals surface area contributed by atoms with Crippen molar-refractivity contribution in [2.24, 2.45) is 0 Å². The van der Waals surface area contributed by atoms with Gasteiger partial charge in [0, 0.05) is 43.4 Å². The van der Waals surface area contributed by atoms with Crippen molar-refractivity contribution < 1.29 is 23.8 Å². The number of piperazine rings is 1. The number of anilines is 1. The molecule has 9 nitrogen and oxygen atoms in total. The smallest absolute Gasteiger partial charge is 0.410 e. The maximum Gasteiger partial charge on any atom is 0.410 e. The standard InChI is InChI=1S/C21H28N4O5/c1-21(2,3)30-20(27)24-9-7-23(8-10-24)17-6-5-15(19(26)28-4)18-16(17)11-25(22-18)14-12-29-13-14/h5-6,11,14H,7-10,12-13H2,1-4H3. The maximum absolute atomic E-state index is 12.3. The first-order chi connectivity index (χ1) is 14.3. The molecule has 3 heterocycles. The fraction of sp³-hybridized carbons (Fsp3) is 0.571. The third-order valence-electron chi connectivity index (χ3n) is 5.34. The number of aromatic nitrogens is 2. The molecule has 9 heteroatoms. The summed E-state index contributed by atoms with van der Waals surface area (Å²) in [7, 11) is 1.37. The highest BCUT2D eigenvalue weighted by atomic mass is 16.6. The number of ether oxygens (including phenoxy) is 3. The highest BCUT2D eigenvalue weighted by molar-refractivity contribution is 6.06. The fourth-order valence-corrected chi connectivity index (χ4v) is 3.68. The van der Waals surface area contributed by atoms with Crippen LogP contribution in [0.4, 0.5) is 10.5 Å². The van der Waals surface area contributed by atoms with Gasteiger partial charge in [-0.05, 0) is 32.9 Å². The Morgan fingerprint density at radius 1 is 1.13 bits per heavy atom. The largest absolute Gasteiger partial charge is 0.465 e. The molecule has 1 aromatic heterocycles. The summed E-state index contributed by atoms with van der Waals surface area (Å²) in [6.07, 6.45) is 1.69. The number of nitrogens with zero attached hydrogens (tertiary/aromatic N) is 4. The number of methoxy groups -OCH3 is 1. The second-order valence-corrected chi connectivity index (χ2v) is 8.64. The van der Waals surface area contributed by atoms with Gasteiger partial charge >= 0.3 is 12.1 Å². The molecule has 2 saturated heterocycles. The molecule has 2 aliphatic rings. The van der Waals surface area contributed by atoms with Crippen molar-refractivity contribution in [1.82, 2.24) is 14.7 Å². The summed E-state index contributed by atoms with van der Waals surface area (Å²) in [5.41, 5.74) is 1.56. The summed E-state index contributed by atoms with van der Waals surface area (Å²) in [6.45, 7) is 9.31. The molecule has 0 spiro atoms. The second kappa shape index (κ2) is 7.79. The van der Waals surface area contributed by atoms with Gasteiger partial charge in [0.05, 0.1) is 31.9 Å². The van der Waals surface area contributed by atoms with Crippen LogP contribution in [0.25, 0.3) is 10.9 Å². The number of fused-ring (bicyclic) bond motifs is 1. The first-order valence-corrected chi connectivity index (χ1v) is 10.2. The molecule has 2 aromatic rings. The van der Waals surface area contributed by atoms with Crippen LogP contribution >= 0.6 is 0 Å². The number of carbonyl (C=O) groups is 2. The van der Waals surface area contributed by atoms with E-state index in [1.165, 1.54) is 7.11 Å². The topological polar surface area (TPSA) is 86.1 Å². The lowest BCUT2D eigenvalue weighted by atomic mass is 10.1. The van der Waals surface area contributed by atoms with E-state index >= 15 is 0 Å². The molecule has 2 fully saturated rings. The Kier molecular flexibility index (Phi) is 5.31. The molecule has 0 saturated carbocycles. The minimum absolute atomic E-state index is 0.180. The zero-order chi connectivity index (χ0) is 21.5. The van der Waals surface area contributed by atoms with Crippen molar-refractivity contribution in [1.29, 1.82) is 0 Å². The Hall–Kier alpha value is -2.81. The van der Waals surface area contributed by atoms with Gasteiger partial charge in [-0.1, -0.05) is 0 Å². The Morgan fingerprint density at radius 3 is 2.40 bits per heavy atom. The number of benzene rings is 1. The van der Waals surface area contributed by atoms with Crippen molar-refractivity contribution in [2.45, 2.75) is 32.4 Å². The van der Waals surface area contributed by atoms with Gasteiger partial charge in [-0.2, -0.15) is 5.10 Å². The maximum atomic E-state index is 12.3. The summed E-state index contributed by atoms with van der Waals surface area (Å²) < 4.78 is 17.6. The average molecular weight is 416 g/mol. The van der Waals surface area contributed by atoms with E-state index in [0.717, 1.165) is 11.1 Å². The average Bonchev–Trinajstić information content (AvgIpc) is 3.08. The van der Waals surface area contributed by atoms with Gasteiger partial charge in [-0.15, -0.1) is 0 Å². The van der Waals surface area contributed by atoms with E-state index in [1.54, 1.807) is 11.0 Å². The number of hydrogen-bond acceptors (Lipinski definition) is 7. The Morgan fingerprint density at radius 2 is 1.83 bits per heavy atom. The van der Waals surface area contributed by atoms with E-state index in [-0.39, 0.29) is 12.1 Å². The minimum Gasteiger partial charge on any atom is -0.465 e. The first-order valence-electron chi connectivity index (χ1n) is 10.2. The normalized spacial score (nSPS) is 17.7. The van der Waals surface area contributed by atoms with Gasteiger partial charge in [0.2, 0.25) is 0 Å². The molecule has 1 aromatic carbocycles. The van der Waals surface area contributed by atoms with E-state index < -0.39 is 11.6 Å². The highest BCUT2D eigenvalue weighted by Crippen LogP contribution is 2.32. The molecule has 0 bridgehead atoms. The lowest BCUT2D eigenvalue weighted by Crippen LogP contribution is -2.50. The number of hydrogen-bond donors (Lipinski definition) is 0. The second-order valence-electron chi connectivity index (χ2n) is 8.64. The molecule has 1 amide bonds. The molecular formula is C21H28N4O5. The van der Waals surface area contributed by atoms with E-state index in [0.29, 0.717) is 50.5 Å². The molecule has 162 valence electrons. The van der Waals surface area contributed by atoms with Crippen LogP contribution in [0, 0.1) is 0 Å². The molecular weight excluding hydrogens is 388 g/mol. The van der Waals surface area contributed by atoms with Gasteiger partial charge in [-0.3, -0.25) is 4.68 Å². The Bertz CT molecular complexity index is 952. The van der Waals surface area contributed by atoms with Gasteiger partial charge < -0.3 is 24.0 Å². The van der Waals surface area contributed by atoms with Gasteiger partial charge in [0.15, 0.2) is 0 Å². The SMILES string of the molecule is COC(=O)c1ccc(N2CCN(C(=O)OC(C)(C)C)CC2)c2cn(C3COC3)nc12. The lowest BCUT2D eigenvalue weighted by molar-refractivity contribution is -0.0283. The molecule has 30 heavy (non-hydrogen) atoms. The van der Waals surface area contributed by atoms with E-state index in [4.69, 9.17) is 14.2 Å². The number of amides is 1. The molecule has 0 atom stereocenters. The zero-order valence-corrected chi connectivity index (χ0v) is 17.9. The summed E-state index contributed by atoms with van der Waals surface area (Å²) in [5.74, 6) is -0.406. The van der Waals surface area contributed by atoms with Crippen molar-refractivity contribution >= 4 is 28.7 Å². The van der Waals surface area contributed by atoms with E-state index in [1.807, 2.05) is 37.7 Å². The third-order valence-corrected chi connectivity index (χ3v) is 5.34. The predicted octanol–water partition coefficient (Wildman–Crippen LogP) is 2.45. The van der Waals surface area contributed by atoms with E-state index in [2.05, 4.69) is 10.00 Å². The predicted molar refractivity (Wildman–Crippen MR) is 111 cm³/mol. The molecule has 0 aliphatic carbocycles. The zero-order valence-electron chi connectivity index (χ0n) is 17.9. The quantitative estimate of drug-likeness (QED) is 0.711. The third kappa shape index (κ3) is 3.94. The van der Waals surface area contributed by atoms with Crippen LogP contribution in [0.2, 0.25) is 0 Å². The van der Waals surface area contributed by atoms with Crippen LogP contribution in [-0.2, 0) is 14.2 Å². The highest BCUT2D eigenvalue weighted by Gasteiger charge is 2.29. The van der Waals surface area contributed by atoms with Gasteiger partial charge in [0.1, 0.15) is 11.1 Å². The van der Waals surface area contributed by atoms with Crippen molar-refractivity contribution in [3.63, 3.8) is 0 Å². The fourth-order valence-electron chi connectivity index (χ4n) is 3.68. The summed E-state index contributed by atoms with van der Waals surface area (Å²) in [6, 6.07) is 3.87. The monoisotopic (exact) mass is 416 g/mol. The van der Waals surface area contributed by atoms with Crippen LogP contribution in [0.3, 0.4) is 0 Å². The first kappa shape index (κ1) is 20.5. The van der Waals surface area contributed by atoms with Crippen molar-refractivity contribution in [3.05, 3.63) is 23.9 Å². The summed E-state index contributed by atoms with van der Waals surface area (Å²) in [5, 5.41) is 5.57. The van der Waals surface area contributed by atoms with Gasteiger partial charge in [-0.25, -0.2) is 9.59 Å². The molecule has 0 unspecified atom stereocenters.